The third kappa shape index (κ3) is 8.96. The molecule has 0 spiro atoms. The van der Waals surface area contributed by atoms with Crippen molar-refractivity contribution < 1.29 is 59.0 Å². The van der Waals surface area contributed by atoms with Gasteiger partial charge in [-0.1, -0.05) is 0 Å². The molecule has 2 heterocycles. The van der Waals surface area contributed by atoms with E-state index in [9.17, 15) is 54.3 Å². The lowest BCUT2D eigenvalue weighted by Gasteiger charge is -2.32. The predicted octanol–water partition coefficient (Wildman–Crippen LogP) is 7.61. The van der Waals surface area contributed by atoms with Crippen LogP contribution in [0.2, 0.25) is 0 Å². The van der Waals surface area contributed by atoms with Crippen LogP contribution in [0.5, 0.6) is 0 Å². The topological polar surface area (TPSA) is 162 Å². The van der Waals surface area contributed by atoms with Gasteiger partial charge in [0.2, 0.25) is 0 Å². The van der Waals surface area contributed by atoms with Gasteiger partial charge in [-0.3, -0.25) is 29.0 Å². The number of benzene rings is 4. The molecule has 2 saturated heterocycles. The zero-order valence-electron chi connectivity index (χ0n) is 35.2. The molecule has 1 atom stereocenters. The number of carbonyl (C=O) groups excluding carboxylic acids is 4. The minimum Gasteiger partial charge on any atom is -0.382 e. The Kier molecular flexibility index (Phi) is 13.9. The lowest BCUT2D eigenvalue weighted by Crippen LogP contribution is -2.51. The Morgan fingerprint density at radius 1 is 0.652 bits per heavy atom. The Morgan fingerprint density at radius 3 is 1.39 bits per heavy atom. The van der Waals surface area contributed by atoms with Gasteiger partial charge in [0.15, 0.2) is 10.2 Å². The second-order valence-electron chi connectivity index (χ2n) is 14.9. The van der Waals surface area contributed by atoms with E-state index in [1.807, 2.05) is 0 Å². The molecule has 2 N–H and O–H groups in total. The van der Waals surface area contributed by atoms with Gasteiger partial charge in [0.25, 0.3) is 23.6 Å². The maximum Gasteiger partial charge on any atom is 0.417 e. The van der Waals surface area contributed by atoms with Crippen molar-refractivity contribution in [3.63, 3.8) is 0 Å². The maximum atomic E-state index is 14.7. The minimum absolute atomic E-state index is 0.0928. The zero-order valence-corrected chi connectivity index (χ0v) is 36.8. The van der Waals surface area contributed by atoms with Gasteiger partial charge in [0.05, 0.1) is 63.5 Å². The lowest BCUT2D eigenvalue weighted by atomic mass is 10.00. The summed E-state index contributed by atoms with van der Waals surface area (Å²) in [5, 5.41) is 22.2. The fourth-order valence-corrected chi connectivity index (χ4v) is 8.17. The van der Waals surface area contributed by atoms with Crippen molar-refractivity contribution in [3.05, 3.63) is 118 Å². The SMILES string of the molecule is CNC(=O)c1ccc(N2C(=S)N(c3ccc(C#N)c(C(F)(F)F)c3)C(=O)C2(C)C)cc1F.CNC(=O)c1ccc(N2C(=S)N(c3ccc(C#N)c(C(F)(F)F)c3)C(=O)[C@@]2(C)COC)cc1F. The molecule has 2 fully saturated rings. The van der Waals surface area contributed by atoms with E-state index in [2.05, 4.69) is 10.6 Å². The Balaban J connectivity index is 0.000000248. The van der Waals surface area contributed by atoms with E-state index in [4.69, 9.17) is 39.7 Å². The van der Waals surface area contributed by atoms with E-state index in [1.54, 1.807) is 0 Å². The molecule has 0 radical (unpaired) electrons. The fraction of sp³-hybridized carbons (Fsp3) is 0.256. The number of amides is 4. The number of hydrogen-bond donors (Lipinski definition) is 2. The summed E-state index contributed by atoms with van der Waals surface area (Å²) in [5.74, 6) is -4.41. The first kappa shape index (κ1) is 49.9. The number of nitrogens with one attached hydrogen (secondary N) is 2. The van der Waals surface area contributed by atoms with E-state index in [1.165, 1.54) is 100 Å². The molecular weight excluding hydrogens is 925 g/mol. The van der Waals surface area contributed by atoms with Gasteiger partial charge >= 0.3 is 12.4 Å². The average molecular weight is 959 g/mol. The van der Waals surface area contributed by atoms with E-state index < -0.39 is 80.9 Å². The van der Waals surface area contributed by atoms with E-state index in [0.29, 0.717) is 12.1 Å². The fourth-order valence-electron chi connectivity index (χ4n) is 7.15. The van der Waals surface area contributed by atoms with Crippen LogP contribution in [0, 0.1) is 34.3 Å². The Morgan fingerprint density at radius 2 is 1.03 bits per heavy atom. The highest BCUT2D eigenvalue weighted by atomic mass is 32.1. The standard InChI is InChI=1S/C22H18F4N4O3S.C21H16F4N4O2S/c1-21(11-33-3)19(32)29(13-5-4-12(10-27)16(8-13)22(24,25)26)20(34)30(21)14-6-7-15(17(23)9-14)18(31)28-2;1-20(2)18(31)28(12-5-4-11(10-26)15(8-12)21(23,24)25)19(32)29(20)13-6-7-14(16(22)9-13)17(30)27-3/h4-9H,11H2,1-3H3,(H,28,31);4-9H,1-3H3,(H,27,30)/t21-;/m1./s1. The average Bonchev–Trinajstić information content (AvgIpc) is 3.56. The molecule has 23 heteroatoms. The largest absolute Gasteiger partial charge is 0.417 e. The second-order valence-corrected chi connectivity index (χ2v) is 15.7. The smallest absolute Gasteiger partial charge is 0.382 e. The van der Waals surface area contributed by atoms with Crippen molar-refractivity contribution in [2.24, 2.45) is 0 Å². The van der Waals surface area contributed by atoms with Gasteiger partial charge in [-0.2, -0.15) is 36.9 Å². The van der Waals surface area contributed by atoms with Crippen molar-refractivity contribution >= 4 is 81.0 Å². The number of methoxy groups -OCH3 is 1. The second kappa shape index (κ2) is 18.4. The summed E-state index contributed by atoms with van der Waals surface area (Å²) in [6.45, 7) is 4.19. The van der Waals surface area contributed by atoms with Crippen LogP contribution in [0.3, 0.4) is 0 Å². The molecule has 0 saturated carbocycles. The molecule has 0 aliphatic carbocycles. The number of alkyl halides is 6. The molecule has 2 aliphatic rings. The van der Waals surface area contributed by atoms with E-state index in [-0.39, 0.29) is 50.7 Å². The Bertz CT molecular complexity index is 2790. The van der Waals surface area contributed by atoms with Crippen LogP contribution in [-0.4, -0.2) is 72.7 Å². The zero-order chi connectivity index (χ0) is 49.4. The number of anilines is 4. The van der Waals surface area contributed by atoms with Crippen LogP contribution < -0.4 is 30.2 Å². The number of nitrogens with zero attached hydrogens (tertiary/aromatic N) is 6. The molecule has 2 aliphatic heterocycles. The first-order chi connectivity index (χ1) is 30.7. The molecule has 13 nitrogen and oxygen atoms in total. The predicted molar refractivity (Wildman–Crippen MR) is 231 cm³/mol. The molecule has 4 aromatic carbocycles. The molecule has 66 heavy (non-hydrogen) atoms. The highest BCUT2D eigenvalue weighted by Crippen LogP contribution is 2.42. The molecule has 0 bridgehead atoms. The Labute approximate surface area is 381 Å². The summed E-state index contributed by atoms with van der Waals surface area (Å²) < 4.78 is 115. The number of nitriles is 2. The number of carbonyl (C=O) groups is 4. The summed E-state index contributed by atoms with van der Waals surface area (Å²) >= 11 is 10.8. The molecule has 4 aromatic rings. The lowest BCUT2D eigenvalue weighted by molar-refractivity contribution is -0.138. The first-order valence-corrected chi connectivity index (χ1v) is 19.7. The van der Waals surface area contributed by atoms with Gasteiger partial charge in [0, 0.05) is 32.6 Å². The van der Waals surface area contributed by atoms with Crippen molar-refractivity contribution in [1.82, 2.24) is 10.6 Å². The first-order valence-electron chi connectivity index (χ1n) is 18.9. The third-order valence-electron chi connectivity index (χ3n) is 10.4. The van der Waals surface area contributed by atoms with Gasteiger partial charge in [-0.25, -0.2) is 8.78 Å². The number of halogens is 8. The van der Waals surface area contributed by atoms with Gasteiger partial charge in [-0.05, 0) is 118 Å². The number of rotatable bonds is 8. The van der Waals surface area contributed by atoms with E-state index >= 15 is 0 Å². The summed E-state index contributed by atoms with van der Waals surface area (Å²) in [7, 11) is 4.00. The monoisotopic (exact) mass is 958 g/mol. The number of ether oxygens (including phenoxy) is 1. The molecule has 0 unspecified atom stereocenters. The van der Waals surface area contributed by atoms with Crippen molar-refractivity contribution in [3.8, 4) is 12.1 Å². The van der Waals surface area contributed by atoms with Crippen molar-refractivity contribution in [2.45, 2.75) is 44.2 Å². The molecule has 6 rings (SSSR count). The summed E-state index contributed by atoms with van der Waals surface area (Å²) in [6.07, 6.45) is -9.67. The van der Waals surface area contributed by atoms with Gasteiger partial charge in [-0.15, -0.1) is 0 Å². The molecule has 4 amide bonds. The van der Waals surface area contributed by atoms with Gasteiger partial charge in [0.1, 0.15) is 22.7 Å². The summed E-state index contributed by atoms with van der Waals surface area (Å²) in [4.78, 5) is 54.5. The van der Waals surface area contributed by atoms with Crippen LogP contribution in [0.4, 0.5) is 57.9 Å². The van der Waals surface area contributed by atoms with E-state index in [0.717, 1.165) is 34.1 Å². The van der Waals surface area contributed by atoms with Crippen molar-refractivity contribution in [2.75, 3.05) is 47.4 Å². The highest BCUT2D eigenvalue weighted by molar-refractivity contribution is 7.81. The third-order valence-corrected chi connectivity index (χ3v) is 11.1. The number of hydrogen-bond acceptors (Lipinski definition) is 9. The number of thiocarbonyl (C=S) groups is 2. The van der Waals surface area contributed by atoms with Crippen LogP contribution in [0.1, 0.15) is 63.7 Å². The molecule has 344 valence electrons. The maximum absolute atomic E-state index is 14.7. The van der Waals surface area contributed by atoms with Crippen LogP contribution >= 0.6 is 24.4 Å². The highest BCUT2D eigenvalue weighted by Gasteiger charge is 2.54. The van der Waals surface area contributed by atoms with Crippen LogP contribution in [0.25, 0.3) is 0 Å². The normalized spacial score (nSPS) is 17.0. The molecule has 0 aromatic heterocycles. The summed E-state index contributed by atoms with van der Waals surface area (Å²) in [5.41, 5.74) is -7.16. The molecular formula is C43H34F8N8O5S2. The Hall–Kier alpha value is -7.08. The van der Waals surface area contributed by atoms with Gasteiger partial charge < -0.3 is 25.2 Å². The van der Waals surface area contributed by atoms with Crippen LogP contribution in [0.15, 0.2) is 72.8 Å². The summed E-state index contributed by atoms with van der Waals surface area (Å²) in [6, 6.07) is 15.8. The quantitative estimate of drug-likeness (QED) is 0.132. The van der Waals surface area contributed by atoms with Crippen molar-refractivity contribution in [1.29, 1.82) is 10.5 Å². The van der Waals surface area contributed by atoms with Crippen LogP contribution in [-0.2, 0) is 26.7 Å². The minimum atomic E-state index is -4.85.